The quantitative estimate of drug-likeness (QED) is 0.520. The lowest BCUT2D eigenvalue weighted by Gasteiger charge is -2.27. The molecule has 1 aromatic rings. The maximum atomic E-state index is 13.9. The first-order chi connectivity index (χ1) is 9.57. The lowest BCUT2D eigenvalue weighted by molar-refractivity contribution is 0.563. The lowest BCUT2D eigenvalue weighted by atomic mass is 9.77. The Bertz CT molecular complexity index is 689. The summed E-state index contributed by atoms with van der Waals surface area (Å²) in [5.74, 6) is -0.302. The van der Waals surface area contributed by atoms with Gasteiger partial charge in [-0.3, -0.25) is 0 Å². The van der Waals surface area contributed by atoms with Crippen LogP contribution in [-0.4, -0.2) is 5.71 Å². The summed E-state index contributed by atoms with van der Waals surface area (Å²) in [4.78, 5) is 3.93. The number of hydrogen-bond acceptors (Lipinski definition) is 1. The van der Waals surface area contributed by atoms with Crippen molar-refractivity contribution in [3.8, 4) is 0 Å². The summed E-state index contributed by atoms with van der Waals surface area (Å²) in [7, 11) is 0. The van der Waals surface area contributed by atoms with E-state index in [1.54, 1.807) is 0 Å². The Balaban J connectivity index is 1.72. The fourth-order valence-corrected chi connectivity index (χ4v) is 3.56. The molecule has 1 fully saturated rings. The van der Waals surface area contributed by atoms with E-state index < -0.39 is 0 Å². The van der Waals surface area contributed by atoms with Gasteiger partial charge in [-0.15, -0.1) is 0 Å². The molecule has 20 heavy (non-hydrogen) atoms. The van der Waals surface area contributed by atoms with Gasteiger partial charge < -0.3 is 0 Å². The second-order valence-electron chi connectivity index (χ2n) is 6.51. The minimum absolute atomic E-state index is 0.302. The average Bonchev–Trinajstić information content (AvgIpc) is 3.09. The molecule has 4 rings (SSSR count). The van der Waals surface area contributed by atoms with Crippen LogP contribution in [0.15, 0.2) is 41.3 Å². The van der Waals surface area contributed by atoms with Crippen molar-refractivity contribution < 1.29 is 4.39 Å². The third-order valence-corrected chi connectivity index (χ3v) is 5.06. The molecule has 0 N–H and O–H groups in total. The van der Waals surface area contributed by atoms with Gasteiger partial charge in [-0.05, 0) is 54.7 Å². The molecule has 1 saturated carbocycles. The van der Waals surface area contributed by atoms with Gasteiger partial charge in [-0.1, -0.05) is 30.4 Å². The van der Waals surface area contributed by atoms with Crippen molar-refractivity contribution in [2.75, 3.05) is 0 Å². The van der Waals surface area contributed by atoms with Crippen molar-refractivity contribution >= 4 is 11.3 Å². The van der Waals surface area contributed by atoms with E-state index in [1.807, 2.05) is 13.0 Å². The van der Waals surface area contributed by atoms with E-state index in [1.165, 1.54) is 29.5 Å². The summed E-state index contributed by atoms with van der Waals surface area (Å²) < 4.78 is 13.9. The lowest BCUT2D eigenvalue weighted by Crippen LogP contribution is -2.18. The topological polar surface area (TPSA) is 12.4 Å². The van der Waals surface area contributed by atoms with E-state index >= 15 is 0 Å². The standard InChI is InChI=1S/C18H18FN/c1-11-7-13-3-4-14(16-8-12(2)20-17(16)19)9-15(13)10-18(11)5-6-18/h3-4,9H,1,5-8,10H2,2H3. The molecule has 1 heterocycles. The zero-order valence-electron chi connectivity index (χ0n) is 11.8. The molecule has 1 nitrogen and oxygen atoms in total. The number of halogens is 1. The third-order valence-electron chi connectivity index (χ3n) is 5.06. The van der Waals surface area contributed by atoms with E-state index in [9.17, 15) is 4.39 Å². The van der Waals surface area contributed by atoms with Crippen molar-refractivity contribution in [1.29, 1.82) is 0 Å². The predicted octanol–water partition coefficient (Wildman–Crippen LogP) is 4.62. The zero-order valence-corrected chi connectivity index (χ0v) is 11.8. The van der Waals surface area contributed by atoms with E-state index in [0.717, 1.165) is 29.7 Å². The molecule has 1 spiro atoms. The van der Waals surface area contributed by atoms with Gasteiger partial charge in [-0.2, -0.15) is 4.39 Å². The maximum Gasteiger partial charge on any atom is 0.216 e. The number of rotatable bonds is 1. The Kier molecular flexibility index (Phi) is 2.36. The SMILES string of the molecule is C=C1Cc2ccc(C3=C(F)N=C(C)C3)cc2CC12CC2. The van der Waals surface area contributed by atoms with Crippen LogP contribution in [0.4, 0.5) is 4.39 Å². The van der Waals surface area contributed by atoms with Gasteiger partial charge in [0.15, 0.2) is 0 Å². The van der Waals surface area contributed by atoms with Crippen LogP contribution >= 0.6 is 0 Å². The predicted molar refractivity (Wildman–Crippen MR) is 80.4 cm³/mol. The van der Waals surface area contributed by atoms with Gasteiger partial charge in [-0.25, -0.2) is 4.99 Å². The smallest absolute Gasteiger partial charge is 0.216 e. The molecule has 0 unspecified atom stereocenters. The summed E-state index contributed by atoms with van der Waals surface area (Å²) in [6.07, 6.45) is 5.27. The van der Waals surface area contributed by atoms with Gasteiger partial charge in [0, 0.05) is 17.7 Å². The largest absolute Gasteiger partial charge is 0.229 e. The number of fused-ring (bicyclic) bond motifs is 1. The van der Waals surface area contributed by atoms with Crippen LogP contribution in [0.25, 0.3) is 5.57 Å². The number of nitrogens with zero attached hydrogens (tertiary/aromatic N) is 1. The number of hydrogen-bond donors (Lipinski definition) is 0. The zero-order chi connectivity index (χ0) is 13.9. The van der Waals surface area contributed by atoms with Crippen LogP contribution in [-0.2, 0) is 12.8 Å². The number of benzene rings is 1. The number of allylic oxidation sites excluding steroid dienone is 2. The molecular weight excluding hydrogens is 249 g/mol. The second-order valence-corrected chi connectivity index (χ2v) is 6.51. The van der Waals surface area contributed by atoms with Crippen LogP contribution < -0.4 is 0 Å². The maximum absolute atomic E-state index is 13.9. The van der Waals surface area contributed by atoms with Crippen LogP contribution in [0, 0.1) is 5.41 Å². The summed E-state index contributed by atoms with van der Waals surface area (Å²) in [5.41, 5.74) is 7.14. The number of aliphatic imine (C=N–C) groups is 1. The molecule has 3 aliphatic rings. The minimum Gasteiger partial charge on any atom is -0.229 e. The highest BCUT2D eigenvalue weighted by Crippen LogP contribution is 2.57. The van der Waals surface area contributed by atoms with E-state index in [-0.39, 0.29) is 5.95 Å². The van der Waals surface area contributed by atoms with Gasteiger partial charge in [0.1, 0.15) is 0 Å². The highest BCUT2D eigenvalue weighted by Gasteiger charge is 2.47. The Hall–Kier alpha value is -1.70. The van der Waals surface area contributed by atoms with Crippen molar-refractivity contribution in [1.82, 2.24) is 0 Å². The molecule has 1 aliphatic heterocycles. The Morgan fingerprint density at radius 3 is 2.65 bits per heavy atom. The van der Waals surface area contributed by atoms with Gasteiger partial charge in [0.25, 0.3) is 0 Å². The van der Waals surface area contributed by atoms with E-state index in [2.05, 4.69) is 23.7 Å². The van der Waals surface area contributed by atoms with Crippen molar-refractivity contribution in [2.24, 2.45) is 10.4 Å². The summed E-state index contributed by atoms with van der Waals surface area (Å²) >= 11 is 0. The molecular formula is C18H18FN. The van der Waals surface area contributed by atoms with Gasteiger partial charge >= 0.3 is 0 Å². The van der Waals surface area contributed by atoms with Crippen LogP contribution in [0.2, 0.25) is 0 Å². The molecule has 0 bridgehead atoms. The summed E-state index contributed by atoms with van der Waals surface area (Å²) in [6, 6.07) is 6.38. The first-order valence-corrected chi connectivity index (χ1v) is 7.31. The molecule has 2 aliphatic carbocycles. The minimum atomic E-state index is -0.302. The normalized spacial score (nSPS) is 23.1. The average molecular weight is 267 g/mol. The van der Waals surface area contributed by atoms with Crippen LogP contribution in [0.5, 0.6) is 0 Å². The van der Waals surface area contributed by atoms with E-state index in [0.29, 0.717) is 11.8 Å². The molecule has 102 valence electrons. The van der Waals surface area contributed by atoms with E-state index in [4.69, 9.17) is 0 Å². The second kappa shape index (κ2) is 3.91. The molecule has 2 heteroatoms. The fourth-order valence-electron chi connectivity index (χ4n) is 3.56. The first kappa shape index (κ1) is 12.1. The van der Waals surface area contributed by atoms with Crippen molar-refractivity contribution in [3.05, 3.63) is 53.0 Å². The molecule has 0 saturated heterocycles. The highest BCUT2D eigenvalue weighted by molar-refractivity contribution is 5.97. The molecule has 0 aromatic heterocycles. The summed E-state index contributed by atoms with van der Waals surface area (Å²) in [5, 5.41) is 0. The van der Waals surface area contributed by atoms with Crippen LogP contribution in [0.1, 0.15) is 42.9 Å². The molecule has 0 amide bonds. The molecule has 1 aromatic carbocycles. The highest BCUT2D eigenvalue weighted by atomic mass is 19.1. The first-order valence-electron chi connectivity index (χ1n) is 7.31. The Morgan fingerprint density at radius 2 is 2.00 bits per heavy atom. The van der Waals surface area contributed by atoms with Gasteiger partial charge in [0.05, 0.1) is 0 Å². The molecule has 0 atom stereocenters. The van der Waals surface area contributed by atoms with Crippen molar-refractivity contribution in [3.63, 3.8) is 0 Å². The summed E-state index contributed by atoms with van der Waals surface area (Å²) in [6.45, 7) is 6.15. The van der Waals surface area contributed by atoms with Crippen molar-refractivity contribution in [2.45, 2.75) is 39.0 Å². The fraction of sp³-hybridized carbons (Fsp3) is 0.389. The van der Waals surface area contributed by atoms with Crippen LogP contribution in [0.3, 0.4) is 0 Å². The molecule has 0 radical (unpaired) electrons. The third kappa shape index (κ3) is 1.71. The monoisotopic (exact) mass is 267 g/mol. The Morgan fingerprint density at radius 1 is 1.20 bits per heavy atom. The van der Waals surface area contributed by atoms with Gasteiger partial charge in [0.2, 0.25) is 5.95 Å². The Labute approximate surface area is 118 Å².